The Hall–Kier alpha value is -4.34. The van der Waals surface area contributed by atoms with Gasteiger partial charge in [-0.05, 0) is 52.4 Å². The van der Waals surface area contributed by atoms with Crippen LogP contribution in [0, 0.1) is 17.5 Å². The van der Waals surface area contributed by atoms with E-state index in [1.807, 2.05) is 6.92 Å². The van der Waals surface area contributed by atoms with Crippen LogP contribution in [0.1, 0.15) is 25.3 Å². The molecule has 0 aliphatic rings. The highest BCUT2D eigenvalue weighted by Crippen LogP contribution is 2.34. The third-order valence-electron chi connectivity index (χ3n) is 6.09. The topological polar surface area (TPSA) is 18.5 Å². The molecule has 4 aromatic carbocycles. The van der Waals surface area contributed by atoms with Crippen LogP contribution in [0.2, 0.25) is 0 Å². The van der Waals surface area contributed by atoms with E-state index >= 15 is 4.39 Å². The first-order valence-corrected chi connectivity index (χ1v) is 12.4. The smallest absolute Gasteiger partial charge is 0.469 e. The maximum absolute atomic E-state index is 15.1. The van der Waals surface area contributed by atoms with Gasteiger partial charge in [0.15, 0.2) is 11.6 Å². The van der Waals surface area contributed by atoms with E-state index in [1.54, 1.807) is 6.07 Å². The van der Waals surface area contributed by atoms with Gasteiger partial charge in [0.05, 0.1) is 6.61 Å². The second-order valence-electron chi connectivity index (χ2n) is 8.96. The number of benzene rings is 4. The first kappa shape index (κ1) is 29.6. The summed E-state index contributed by atoms with van der Waals surface area (Å²) in [7, 11) is 0. The molecule has 0 unspecified atom stereocenters. The van der Waals surface area contributed by atoms with E-state index < -0.39 is 41.4 Å². The molecule has 0 N–H and O–H groups in total. The zero-order chi connectivity index (χ0) is 29.7. The largest absolute Gasteiger partial charge is 0.573 e. The minimum absolute atomic E-state index is 0.0257. The number of ether oxygens (including phenoxy) is 2. The third-order valence-corrected chi connectivity index (χ3v) is 6.09. The predicted molar refractivity (Wildman–Crippen MR) is 139 cm³/mol. The maximum atomic E-state index is 15.1. The Bertz CT molecular complexity index is 1520. The number of hydrogen-bond donors (Lipinski definition) is 0. The summed E-state index contributed by atoms with van der Waals surface area (Å²) >= 11 is 0. The zero-order valence-corrected chi connectivity index (χ0v) is 21.5. The van der Waals surface area contributed by atoms with Crippen LogP contribution in [0.4, 0.5) is 35.1 Å². The summed E-state index contributed by atoms with van der Waals surface area (Å²) in [4.78, 5) is 0. The van der Waals surface area contributed by atoms with Crippen LogP contribution < -0.4 is 4.74 Å². The van der Waals surface area contributed by atoms with Crippen molar-refractivity contribution in [2.45, 2.75) is 26.1 Å². The standard InChI is InChI=1S/C31H22F8O2/c1-2-3-14-40-30(36)28(35)21-10-6-18(7-11-21)22-12-13-24(25(32)15-22)20-8-4-19(5-9-20)23-16-26(33)29(27(34)17-23)41-31(37,38)39/h4-13,15-17H,2-3,14H2,1H3/b30-28-. The average molecular weight is 578 g/mol. The number of hydrogen-bond acceptors (Lipinski definition) is 2. The van der Waals surface area contributed by atoms with Gasteiger partial charge in [0.1, 0.15) is 5.82 Å². The van der Waals surface area contributed by atoms with E-state index in [9.17, 15) is 30.7 Å². The van der Waals surface area contributed by atoms with E-state index in [1.165, 1.54) is 60.7 Å². The molecule has 0 aliphatic heterocycles. The van der Waals surface area contributed by atoms with Gasteiger partial charge in [0.25, 0.3) is 0 Å². The van der Waals surface area contributed by atoms with Gasteiger partial charge in [-0.3, -0.25) is 0 Å². The van der Waals surface area contributed by atoms with E-state index in [-0.39, 0.29) is 28.9 Å². The second kappa shape index (κ2) is 12.4. The lowest BCUT2D eigenvalue weighted by Gasteiger charge is -2.12. The normalized spacial score (nSPS) is 12.2. The molecule has 0 aromatic heterocycles. The average Bonchev–Trinajstić information content (AvgIpc) is 2.94. The van der Waals surface area contributed by atoms with Gasteiger partial charge in [-0.25, -0.2) is 13.2 Å². The Labute approximate surface area is 230 Å². The molecule has 0 fully saturated rings. The Balaban J connectivity index is 1.52. The van der Waals surface area contributed by atoms with Crippen LogP contribution in [-0.2, 0) is 4.74 Å². The molecule has 0 saturated heterocycles. The lowest BCUT2D eigenvalue weighted by atomic mass is 9.97. The van der Waals surface area contributed by atoms with Crippen molar-refractivity contribution < 1.29 is 44.6 Å². The fourth-order valence-corrected chi connectivity index (χ4v) is 4.00. The number of rotatable bonds is 9. The van der Waals surface area contributed by atoms with Gasteiger partial charge >= 0.3 is 12.4 Å². The minimum Gasteiger partial charge on any atom is -0.469 e. The van der Waals surface area contributed by atoms with Crippen molar-refractivity contribution in [1.29, 1.82) is 0 Å². The molecule has 0 saturated carbocycles. The summed E-state index contributed by atoms with van der Waals surface area (Å²) in [6.07, 6.45) is -3.90. The van der Waals surface area contributed by atoms with Gasteiger partial charge in [-0.2, -0.15) is 8.78 Å². The SMILES string of the molecule is CCCCO/C(F)=C(\F)c1ccc(-c2ccc(-c3ccc(-c4cc(F)c(OC(F)(F)F)c(F)c4)cc3)c(F)c2)cc1. The molecule has 41 heavy (non-hydrogen) atoms. The van der Waals surface area contributed by atoms with Crippen LogP contribution in [0.3, 0.4) is 0 Å². The fraction of sp³-hybridized carbons (Fsp3) is 0.161. The number of unbranched alkanes of at least 4 members (excludes halogenated alkanes) is 1. The molecule has 4 rings (SSSR count). The van der Waals surface area contributed by atoms with Crippen molar-refractivity contribution in [3.8, 4) is 39.1 Å². The van der Waals surface area contributed by atoms with Gasteiger partial charge in [0, 0.05) is 11.1 Å². The Morgan fingerprint density at radius 3 is 1.73 bits per heavy atom. The fourth-order valence-electron chi connectivity index (χ4n) is 4.00. The monoisotopic (exact) mass is 578 g/mol. The van der Waals surface area contributed by atoms with Gasteiger partial charge < -0.3 is 9.47 Å². The highest BCUT2D eigenvalue weighted by atomic mass is 19.4. The molecule has 0 aliphatic carbocycles. The molecule has 214 valence electrons. The maximum Gasteiger partial charge on any atom is 0.573 e. The van der Waals surface area contributed by atoms with Crippen molar-refractivity contribution in [2.75, 3.05) is 6.61 Å². The number of halogens is 8. The second-order valence-corrected chi connectivity index (χ2v) is 8.96. The van der Waals surface area contributed by atoms with Crippen molar-refractivity contribution in [1.82, 2.24) is 0 Å². The summed E-state index contributed by atoms with van der Waals surface area (Å²) in [6.45, 7) is 1.96. The highest BCUT2D eigenvalue weighted by Gasteiger charge is 2.34. The van der Waals surface area contributed by atoms with Gasteiger partial charge in [0.2, 0.25) is 11.6 Å². The summed E-state index contributed by atoms with van der Waals surface area (Å²) in [5.74, 6) is -6.33. The predicted octanol–water partition coefficient (Wildman–Crippen LogP) is 10.4. The molecule has 10 heteroatoms. The Kier molecular flexibility index (Phi) is 9.00. The number of alkyl halides is 3. The molecule has 0 atom stereocenters. The van der Waals surface area contributed by atoms with Crippen LogP contribution >= 0.6 is 0 Å². The molecule has 0 spiro atoms. The molecular formula is C31H22F8O2. The Morgan fingerprint density at radius 2 is 1.17 bits per heavy atom. The van der Waals surface area contributed by atoms with Crippen LogP contribution in [0.25, 0.3) is 39.2 Å². The summed E-state index contributed by atoms with van der Waals surface area (Å²) in [5.41, 5.74) is 1.87. The van der Waals surface area contributed by atoms with Crippen LogP contribution in [0.5, 0.6) is 5.75 Å². The van der Waals surface area contributed by atoms with Crippen LogP contribution in [0.15, 0.2) is 84.9 Å². The van der Waals surface area contributed by atoms with Crippen molar-refractivity contribution in [2.24, 2.45) is 0 Å². The quantitative estimate of drug-likeness (QED) is 0.112. The van der Waals surface area contributed by atoms with Gasteiger partial charge in [-0.15, -0.1) is 13.2 Å². The molecular weight excluding hydrogens is 556 g/mol. The van der Waals surface area contributed by atoms with Crippen molar-refractivity contribution in [3.63, 3.8) is 0 Å². The van der Waals surface area contributed by atoms with Crippen molar-refractivity contribution >= 4 is 5.83 Å². The molecule has 2 nitrogen and oxygen atoms in total. The van der Waals surface area contributed by atoms with E-state index in [0.29, 0.717) is 35.2 Å². The summed E-state index contributed by atoms with van der Waals surface area (Å²) < 4.78 is 117. The Morgan fingerprint density at radius 1 is 0.659 bits per heavy atom. The molecule has 4 aromatic rings. The molecule has 0 heterocycles. The first-order valence-electron chi connectivity index (χ1n) is 12.4. The molecule has 0 amide bonds. The molecule has 0 radical (unpaired) electrons. The van der Waals surface area contributed by atoms with Gasteiger partial charge in [-0.1, -0.05) is 74.0 Å². The zero-order valence-electron chi connectivity index (χ0n) is 21.5. The first-order chi connectivity index (χ1) is 19.5. The van der Waals surface area contributed by atoms with E-state index in [4.69, 9.17) is 4.74 Å². The lowest BCUT2D eigenvalue weighted by molar-refractivity contribution is -0.276. The summed E-state index contributed by atoms with van der Waals surface area (Å²) in [6, 6.07) is 16.1. The lowest BCUT2D eigenvalue weighted by Crippen LogP contribution is -2.19. The molecule has 0 bridgehead atoms. The van der Waals surface area contributed by atoms with E-state index in [0.717, 1.165) is 6.42 Å². The minimum atomic E-state index is -5.26. The van der Waals surface area contributed by atoms with Crippen LogP contribution in [-0.4, -0.2) is 13.0 Å². The third kappa shape index (κ3) is 7.25. The highest BCUT2D eigenvalue weighted by molar-refractivity contribution is 5.75. The van der Waals surface area contributed by atoms with E-state index in [2.05, 4.69) is 4.74 Å². The summed E-state index contributed by atoms with van der Waals surface area (Å²) in [5, 5.41) is 0. The van der Waals surface area contributed by atoms with Crippen molar-refractivity contribution in [3.05, 3.63) is 108 Å².